The van der Waals surface area contributed by atoms with Crippen LogP contribution < -0.4 is 20.9 Å². The molecule has 0 heterocycles. The van der Waals surface area contributed by atoms with Gasteiger partial charge in [0.15, 0.2) is 6.61 Å². The fraction of sp³-hybridized carbons (Fsp3) is 0.286. The second-order valence-corrected chi connectivity index (χ2v) is 6.44. The lowest BCUT2D eigenvalue weighted by molar-refractivity contribution is -0.123. The summed E-state index contributed by atoms with van der Waals surface area (Å²) in [7, 11) is 0. The van der Waals surface area contributed by atoms with E-state index in [9.17, 15) is 14.4 Å². The summed E-state index contributed by atoms with van der Waals surface area (Å²) < 4.78 is 5.49. The predicted molar refractivity (Wildman–Crippen MR) is 107 cm³/mol. The number of nitrogens with one attached hydrogen (secondary N) is 3. The molecule has 3 N–H and O–H groups in total. The van der Waals surface area contributed by atoms with Gasteiger partial charge in [-0.15, -0.1) is 0 Å². The molecule has 0 bridgehead atoms. The average Bonchev–Trinajstić information content (AvgIpc) is 2.67. The number of aryl methyl sites for hydroxylation is 2. The molecule has 148 valence electrons. The number of hydrogen-bond acceptors (Lipinski definition) is 4. The molecule has 0 aliphatic heterocycles. The smallest absolute Gasteiger partial charge is 0.276 e. The van der Waals surface area contributed by atoms with E-state index in [1.807, 2.05) is 39.0 Å². The number of carbonyl (C=O) groups excluding carboxylic acids is 3. The molecule has 7 nitrogen and oxygen atoms in total. The first-order valence-electron chi connectivity index (χ1n) is 9.08. The summed E-state index contributed by atoms with van der Waals surface area (Å²) in [4.78, 5) is 35.6. The van der Waals surface area contributed by atoms with E-state index >= 15 is 0 Å². The number of anilines is 1. The van der Waals surface area contributed by atoms with Crippen LogP contribution >= 0.6 is 0 Å². The standard InChI is InChI=1S/C21H25N3O4/c1-4-5-19(25)22-17-10-8-16(9-11-17)21(27)24-23-20(26)13-28-18-12-14(2)6-7-15(18)3/h6-12H,4-5,13H2,1-3H3,(H,22,25)(H,23,26)(H,24,27). The number of hydrazine groups is 1. The molecule has 0 atom stereocenters. The molecule has 2 aromatic carbocycles. The molecule has 0 spiro atoms. The summed E-state index contributed by atoms with van der Waals surface area (Å²) in [5.41, 5.74) is 7.57. The highest BCUT2D eigenvalue weighted by molar-refractivity contribution is 5.96. The van der Waals surface area contributed by atoms with E-state index in [4.69, 9.17) is 4.74 Å². The maximum Gasteiger partial charge on any atom is 0.276 e. The Bertz CT molecular complexity index is 847. The van der Waals surface area contributed by atoms with Crippen molar-refractivity contribution in [1.82, 2.24) is 10.9 Å². The van der Waals surface area contributed by atoms with Crippen molar-refractivity contribution in [2.24, 2.45) is 0 Å². The van der Waals surface area contributed by atoms with E-state index in [2.05, 4.69) is 16.2 Å². The van der Waals surface area contributed by atoms with Crippen molar-refractivity contribution in [2.45, 2.75) is 33.6 Å². The molecule has 0 aliphatic rings. The summed E-state index contributed by atoms with van der Waals surface area (Å²) in [5.74, 6) is -0.387. The van der Waals surface area contributed by atoms with Crippen LogP contribution in [-0.4, -0.2) is 24.3 Å². The van der Waals surface area contributed by atoms with Crippen LogP contribution in [0.15, 0.2) is 42.5 Å². The van der Waals surface area contributed by atoms with Crippen LogP contribution in [-0.2, 0) is 9.59 Å². The number of carbonyl (C=O) groups is 3. The van der Waals surface area contributed by atoms with Gasteiger partial charge in [0.25, 0.3) is 11.8 Å². The minimum absolute atomic E-state index is 0.0733. The summed E-state index contributed by atoms with van der Waals surface area (Å²) in [6.07, 6.45) is 1.21. The number of benzene rings is 2. The van der Waals surface area contributed by atoms with Gasteiger partial charge in [-0.25, -0.2) is 0 Å². The van der Waals surface area contributed by atoms with Crippen LogP contribution in [0.3, 0.4) is 0 Å². The van der Waals surface area contributed by atoms with Gasteiger partial charge in [0.05, 0.1) is 0 Å². The molecule has 0 aromatic heterocycles. The monoisotopic (exact) mass is 383 g/mol. The molecule has 3 amide bonds. The molecule has 0 saturated heterocycles. The molecular formula is C21H25N3O4. The van der Waals surface area contributed by atoms with Gasteiger partial charge in [0, 0.05) is 17.7 Å². The van der Waals surface area contributed by atoms with Gasteiger partial charge in [0.2, 0.25) is 5.91 Å². The van der Waals surface area contributed by atoms with Crippen LogP contribution in [0.2, 0.25) is 0 Å². The topological polar surface area (TPSA) is 96.5 Å². The fourth-order valence-corrected chi connectivity index (χ4v) is 2.40. The van der Waals surface area contributed by atoms with Gasteiger partial charge in [-0.3, -0.25) is 25.2 Å². The molecule has 0 radical (unpaired) electrons. The zero-order chi connectivity index (χ0) is 20.5. The SMILES string of the molecule is CCCC(=O)Nc1ccc(C(=O)NNC(=O)COc2cc(C)ccc2C)cc1. The Morgan fingerprint density at radius 2 is 1.64 bits per heavy atom. The molecule has 0 saturated carbocycles. The van der Waals surface area contributed by atoms with Gasteiger partial charge >= 0.3 is 0 Å². The minimum atomic E-state index is -0.474. The van der Waals surface area contributed by atoms with E-state index in [0.29, 0.717) is 23.4 Å². The summed E-state index contributed by atoms with van der Waals surface area (Å²) >= 11 is 0. The molecule has 2 rings (SSSR count). The Morgan fingerprint density at radius 1 is 0.929 bits per heavy atom. The van der Waals surface area contributed by atoms with Crippen LogP contribution in [0.25, 0.3) is 0 Å². The summed E-state index contributed by atoms with van der Waals surface area (Å²) in [5, 5.41) is 2.74. The quantitative estimate of drug-likeness (QED) is 0.641. The van der Waals surface area contributed by atoms with Crippen molar-refractivity contribution < 1.29 is 19.1 Å². The Labute approximate surface area is 164 Å². The van der Waals surface area contributed by atoms with Gasteiger partial charge in [0.1, 0.15) is 5.75 Å². The number of hydrogen-bond donors (Lipinski definition) is 3. The Hall–Kier alpha value is -3.35. The average molecular weight is 383 g/mol. The van der Waals surface area contributed by atoms with Gasteiger partial charge in [-0.05, 0) is 61.7 Å². The van der Waals surface area contributed by atoms with Crippen molar-refractivity contribution in [3.05, 3.63) is 59.2 Å². The Morgan fingerprint density at radius 3 is 2.32 bits per heavy atom. The van der Waals surface area contributed by atoms with E-state index in [0.717, 1.165) is 17.5 Å². The first-order valence-corrected chi connectivity index (χ1v) is 9.08. The Kier molecular flexibility index (Phi) is 7.56. The van der Waals surface area contributed by atoms with E-state index in [1.54, 1.807) is 24.3 Å². The molecule has 0 aliphatic carbocycles. The van der Waals surface area contributed by atoms with E-state index < -0.39 is 11.8 Å². The predicted octanol–water partition coefficient (Wildman–Crippen LogP) is 2.88. The van der Waals surface area contributed by atoms with Crippen molar-refractivity contribution in [1.29, 1.82) is 0 Å². The highest BCUT2D eigenvalue weighted by atomic mass is 16.5. The minimum Gasteiger partial charge on any atom is -0.483 e. The van der Waals surface area contributed by atoms with Gasteiger partial charge in [-0.1, -0.05) is 19.1 Å². The second kappa shape index (κ2) is 10.1. The molecule has 0 unspecified atom stereocenters. The normalized spacial score (nSPS) is 10.1. The second-order valence-electron chi connectivity index (χ2n) is 6.44. The number of ether oxygens (including phenoxy) is 1. The van der Waals surface area contributed by atoms with Gasteiger partial charge in [-0.2, -0.15) is 0 Å². The van der Waals surface area contributed by atoms with E-state index in [-0.39, 0.29) is 12.5 Å². The van der Waals surface area contributed by atoms with Crippen molar-refractivity contribution >= 4 is 23.4 Å². The number of rotatable bonds is 7. The summed E-state index contributed by atoms with van der Waals surface area (Å²) in [6, 6.07) is 12.1. The highest BCUT2D eigenvalue weighted by Gasteiger charge is 2.09. The van der Waals surface area contributed by atoms with Crippen molar-refractivity contribution in [2.75, 3.05) is 11.9 Å². The number of amides is 3. The molecule has 0 fully saturated rings. The maximum absolute atomic E-state index is 12.1. The van der Waals surface area contributed by atoms with Crippen LogP contribution in [0.4, 0.5) is 5.69 Å². The van der Waals surface area contributed by atoms with E-state index in [1.165, 1.54) is 0 Å². The third kappa shape index (κ3) is 6.42. The maximum atomic E-state index is 12.1. The van der Waals surface area contributed by atoms with Gasteiger partial charge < -0.3 is 10.1 Å². The molecule has 2 aromatic rings. The molecule has 7 heteroatoms. The van der Waals surface area contributed by atoms with Crippen LogP contribution in [0, 0.1) is 13.8 Å². The first kappa shape index (κ1) is 21.0. The molecular weight excluding hydrogens is 358 g/mol. The lowest BCUT2D eigenvalue weighted by Crippen LogP contribution is -2.43. The third-order valence-electron chi connectivity index (χ3n) is 3.93. The fourth-order valence-electron chi connectivity index (χ4n) is 2.40. The summed E-state index contributed by atoms with van der Waals surface area (Å²) in [6.45, 7) is 5.54. The zero-order valence-electron chi connectivity index (χ0n) is 16.3. The third-order valence-corrected chi connectivity index (χ3v) is 3.93. The van der Waals surface area contributed by atoms with Crippen molar-refractivity contribution in [3.8, 4) is 5.75 Å². The zero-order valence-corrected chi connectivity index (χ0v) is 16.3. The van der Waals surface area contributed by atoms with Crippen LogP contribution in [0.5, 0.6) is 5.75 Å². The largest absolute Gasteiger partial charge is 0.483 e. The lowest BCUT2D eigenvalue weighted by atomic mass is 10.1. The van der Waals surface area contributed by atoms with Crippen LogP contribution in [0.1, 0.15) is 41.3 Å². The highest BCUT2D eigenvalue weighted by Crippen LogP contribution is 2.18. The van der Waals surface area contributed by atoms with Crippen molar-refractivity contribution in [3.63, 3.8) is 0 Å². The Balaban J connectivity index is 1.80. The molecule has 28 heavy (non-hydrogen) atoms. The first-order chi connectivity index (χ1) is 13.4. The lowest BCUT2D eigenvalue weighted by Gasteiger charge is -2.11.